The molecule has 1 rings (SSSR count). The highest BCUT2D eigenvalue weighted by molar-refractivity contribution is 5.96. The third-order valence-electron chi connectivity index (χ3n) is 2.41. The molecule has 5 heteroatoms. The minimum atomic E-state index is -0.244. The number of pyridine rings is 1. The van der Waals surface area contributed by atoms with Crippen molar-refractivity contribution >= 4 is 5.91 Å². The fourth-order valence-electron chi connectivity index (χ4n) is 1.40. The van der Waals surface area contributed by atoms with Gasteiger partial charge in [0.2, 0.25) is 0 Å². The summed E-state index contributed by atoms with van der Waals surface area (Å²) < 4.78 is 5.05. The topological polar surface area (TPSA) is 75.0 Å². The summed E-state index contributed by atoms with van der Waals surface area (Å²) >= 11 is 0. The van der Waals surface area contributed by atoms with Gasteiger partial charge < -0.3 is 10.1 Å². The highest BCUT2D eigenvalue weighted by Gasteiger charge is 2.15. The van der Waals surface area contributed by atoms with E-state index < -0.39 is 0 Å². The lowest BCUT2D eigenvalue weighted by molar-refractivity contribution is 0.0933. The Labute approximate surface area is 100 Å². The molecule has 1 atom stereocenters. The van der Waals surface area contributed by atoms with Gasteiger partial charge in [0.15, 0.2) is 0 Å². The highest BCUT2D eigenvalue weighted by Crippen LogP contribution is 2.15. The number of aromatic nitrogens is 1. The molecule has 0 saturated heterocycles. The molecule has 0 aromatic carbocycles. The summed E-state index contributed by atoms with van der Waals surface area (Å²) in [4.78, 5) is 15.8. The van der Waals surface area contributed by atoms with Crippen LogP contribution in [0, 0.1) is 11.3 Å². The largest absolute Gasteiger partial charge is 0.494 e. The van der Waals surface area contributed by atoms with Gasteiger partial charge in [-0.15, -0.1) is 0 Å². The molecule has 1 N–H and O–H groups in total. The minimum absolute atomic E-state index is 0.134. The zero-order valence-electron chi connectivity index (χ0n) is 9.93. The molecule has 90 valence electrons. The summed E-state index contributed by atoms with van der Waals surface area (Å²) in [6.07, 6.45) is 4.03. The molecule has 1 aromatic rings. The van der Waals surface area contributed by atoms with Crippen LogP contribution >= 0.6 is 0 Å². The maximum absolute atomic E-state index is 11.9. The van der Waals surface area contributed by atoms with Gasteiger partial charge in [0.25, 0.3) is 5.91 Å². The maximum Gasteiger partial charge on any atom is 0.255 e. The first kappa shape index (κ1) is 13.0. The number of amides is 1. The van der Waals surface area contributed by atoms with Crippen molar-refractivity contribution in [1.29, 1.82) is 5.26 Å². The van der Waals surface area contributed by atoms with Crippen molar-refractivity contribution in [2.45, 2.75) is 25.8 Å². The van der Waals surface area contributed by atoms with E-state index in [0.717, 1.165) is 0 Å². The van der Waals surface area contributed by atoms with Crippen molar-refractivity contribution in [2.24, 2.45) is 0 Å². The molecule has 0 radical (unpaired) electrons. The van der Waals surface area contributed by atoms with Crippen molar-refractivity contribution in [3.63, 3.8) is 0 Å². The van der Waals surface area contributed by atoms with Crippen LogP contribution in [0.1, 0.15) is 30.1 Å². The Balaban J connectivity index is 2.79. The summed E-state index contributed by atoms with van der Waals surface area (Å²) in [6.45, 7) is 1.92. The number of ether oxygens (including phenoxy) is 1. The molecule has 1 unspecified atom stereocenters. The standard InChI is InChI=1S/C12H15N3O2/c1-3-9(4-6-13)15-12(16)10-5-7-14-8-11(10)17-2/h5,7-9H,3-4H2,1-2H3,(H,15,16). The van der Waals surface area contributed by atoms with Crippen LogP contribution in [0.5, 0.6) is 5.75 Å². The predicted molar refractivity (Wildman–Crippen MR) is 62.6 cm³/mol. The maximum atomic E-state index is 11.9. The molecule has 1 amide bonds. The average molecular weight is 233 g/mol. The third-order valence-corrected chi connectivity index (χ3v) is 2.41. The molecule has 0 bridgehead atoms. The van der Waals surface area contributed by atoms with Crippen molar-refractivity contribution in [3.05, 3.63) is 24.0 Å². The van der Waals surface area contributed by atoms with Crippen molar-refractivity contribution in [2.75, 3.05) is 7.11 Å². The lowest BCUT2D eigenvalue weighted by Gasteiger charge is -2.14. The van der Waals surface area contributed by atoms with Crippen LogP contribution in [0.25, 0.3) is 0 Å². The van der Waals surface area contributed by atoms with E-state index in [4.69, 9.17) is 10.00 Å². The van der Waals surface area contributed by atoms with Crippen molar-refractivity contribution in [3.8, 4) is 11.8 Å². The second-order valence-corrected chi connectivity index (χ2v) is 3.52. The monoisotopic (exact) mass is 233 g/mol. The number of hydrogen-bond donors (Lipinski definition) is 1. The first-order valence-corrected chi connectivity index (χ1v) is 5.38. The fourth-order valence-corrected chi connectivity index (χ4v) is 1.40. The van der Waals surface area contributed by atoms with Gasteiger partial charge in [-0.2, -0.15) is 5.26 Å². The molecule has 0 aliphatic rings. The van der Waals surface area contributed by atoms with Gasteiger partial charge in [0.1, 0.15) is 5.75 Å². The van der Waals surface area contributed by atoms with E-state index in [1.807, 2.05) is 13.0 Å². The molecule has 1 aromatic heterocycles. The fraction of sp³-hybridized carbons (Fsp3) is 0.417. The predicted octanol–water partition coefficient (Wildman–Crippen LogP) is 1.51. The average Bonchev–Trinajstić information content (AvgIpc) is 2.38. The first-order valence-electron chi connectivity index (χ1n) is 5.38. The number of hydrogen-bond acceptors (Lipinski definition) is 4. The molecule has 17 heavy (non-hydrogen) atoms. The van der Waals surface area contributed by atoms with Crippen molar-refractivity contribution < 1.29 is 9.53 Å². The van der Waals surface area contributed by atoms with Gasteiger partial charge in [0, 0.05) is 12.2 Å². The quantitative estimate of drug-likeness (QED) is 0.836. The Morgan fingerprint density at radius 3 is 3.06 bits per heavy atom. The Hall–Kier alpha value is -2.09. The van der Waals surface area contributed by atoms with E-state index in [2.05, 4.69) is 10.3 Å². The number of carbonyl (C=O) groups is 1. The van der Waals surface area contributed by atoms with Crippen LogP contribution in [-0.4, -0.2) is 24.0 Å². The van der Waals surface area contributed by atoms with Gasteiger partial charge in [-0.05, 0) is 12.5 Å². The lowest BCUT2D eigenvalue weighted by atomic mass is 10.1. The van der Waals surface area contributed by atoms with E-state index in [9.17, 15) is 4.79 Å². The molecule has 1 heterocycles. The molecule has 0 spiro atoms. The molecular formula is C12H15N3O2. The van der Waals surface area contributed by atoms with Gasteiger partial charge in [-0.25, -0.2) is 0 Å². The van der Waals surface area contributed by atoms with Crippen LogP contribution in [0.4, 0.5) is 0 Å². The van der Waals surface area contributed by atoms with Crippen molar-refractivity contribution in [1.82, 2.24) is 10.3 Å². The van der Waals surface area contributed by atoms with E-state index in [-0.39, 0.29) is 11.9 Å². The molecule has 0 aliphatic heterocycles. The zero-order chi connectivity index (χ0) is 12.7. The van der Waals surface area contributed by atoms with Gasteiger partial charge >= 0.3 is 0 Å². The van der Waals surface area contributed by atoms with E-state index in [1.54, 1.807) is 6.07 Å². The van der Waals surface area contributed by atoms with Gasteiger partial charge in [-0.3, -0.25) is 9.78 Å². The number of nitriles is 1. The summed E-state index contributed by atoms with van der Waals surface area (Å²) in [5, 5.41) is 11.4. The van der Waals surface area contributed by atoms with Crippen LogP contribution in [0.2, 0.25) is 0 Å². The van der Waals surface area contributed by atoms with Crippen LogP contribution < -0.4 is 10.1 Å². The molecule has 5 nitrogen and oxygen atoms in total. The lowest BCUT2D eigenvalue weighted by Crippen LogP contribution is -2.34. The number of rotatable bonds is 5. The van der Waals surface area contributed by atoms with Crippen LogP contribution in [0.3, 0.4) is 0 Å². The number of nitrogens with zero attached hydrogens (tertiary/aromatic N) is 2. The number of carbonyl (C=O) groups excluding carboxylic acids is 1. The zero-order valence-corrected chi connectivity index (χ0v) is 9.93. The summed E-state index contributed by atoms with van der Waals surface area (Å²) in [7, 11) is 1.49. The number of methoxy groups -OCH3 is 1. The Kier molecular flexibility index (Phi) is 4.95. The number of nitrogens with one attached hydrogen (secondary N) is 1. The SMILES string of the molecule is CCC(CC#N)NC(=O)c1ccncc1OC. The van der Waals surface area contributed by atoms with Crippen LogP contribution in [0.15, 0.2) is 18.5 Å². The minimum Gasteiger partial charge on any atom is -0.494 e. The first-order chi connectivity index (χ1) is 8.22. The van der Waals surface area contributed by atoms with Gasteiger partial charge in [0.05, 0.1) is 31.4 Å². The Bertz CT molecular complexity index is 426. The molecular weight excluding hydrogens is 218 g/mol. The smallest absolute Gasteiger partial charge is 0.255 e. The second kappa shape index (κ2) is 6.48. The Morgan fingerprint density at radius 2 is 2.47 bits per heavy atom. The molecule has 0 fully saturated rings. The van der Waals surface area contributed by atoms with E-state index in [0.29, 0.717) is 24.2 Å². The van der Waals surface area contributed by atoms with Crippen LogP contribution in [-0.2, 0) is 0 Å². The Morgan fingerprint density at radius 1 is 1.71 bits per heavy atom. The molecule has 0 saturated carbocycles. The summed E-state index contributed by atoms with van der Waals surface area (Å²) in [6, 6.07) is 3.50. The second-order valence-electron chi connectivity index (χ2n) is 3.52. The third kappa shape index (κ3) is 3.45. The van der Waals surface area contributed by atoms with E-state index >= 15 is 0 Å². The normalized spacial score (nSPS) is 11.4. The summed E-state index contributed by atoms with van der Waals surface area (Å²) in [5.41, 5.74) is 0.430. The highest BCUT2D eigenvalue weighted by atomic mass is 16.5. The summed E-state index contributed by atoms with van der Waals surface area (Å²) in [5.74, 6) is 0.183. The van der Waals surface area contributed by atoms with E-state index in [1.165, 1.54) is 19.5 Å². The molecule has 0 aliphatic carbocycles. The van der Waals surface area contributed by atoms with Gasteiger partial charge in [-0.1, -0.05) is 6.92 Å².